The Morgan fingerprint density at radius 1 is 0.313 bits per heavy atom. The van der Waals surface area contributed by atoms with E-state index in [9.17, 15) is 0 Å². The average Bonchev–Trinajstić information content (AvgIpc) is 4.13. The third kappa shape index (κ3) is 6.11. The van der Waals surface area contributed by atoms with Gasteiger partial charge in [0.05, 0.1) is 11.0 Å². The van der Waals surface area contributed by atoms with Crippen molar-refractivity contribution in [2.45, 2.75) is 0 Å². The highest BCUT2D eigenvalue weighted by Crippen LogP contribution is 2.41. The van der Waals surface area contributed by atoms with Crippen LogP contribution in [-0.2, 0) is 0 Å². The van der Waals surface area contributed by atoms with E-state index < -0.39 is 0 Å². The average molecular weight is 859 g/mol. The van der Waals surface area contributed by atoms with Crippen LogP contribution in [0.2, 0.25) is 0 Å². The van der Waals surface area contributed by atoms with Crippen LogP contribution in [0, 0.1) is 0 Å². The minimum Gasteiger partial charge on any atom is -0.436 e. The zero-order valence-corrected chi connectivity index (χ0v) is 35.6. The maximum atomic E-state index is 6.08. The quantitative estimate of drug-likeness (QED) is 0.164. The first-order valence-electron chi connectivity index (χ1n) is 22.2. The molecular weight excluding hydrogens is 825 g/mol. The fourth-order valence-corrected chi connectivity index (χ4v) is 9.62. The predicted molar refractivity (Wildman–Crippen MR) is 269 cm³/mol. The molecule has 0 saturated heterocycles. The van der Waals surface area contributed by atoms with Crippen molar-refractivity contribution in [3.05, 3.63) is 206 Å². The lowest BCUT2D eigenvalue weighted by atomic mass is 10.00. The summed E-state index contributed by atoms with van der Waals surface area (Å²) in [5.74, 6) is 2.78. The van der Waals surface area contributed by atoms with Crippen molar-refractivity contribution in [3.63, 3.8) is 0 Å². The minimum atomic E-state index is 0.550. The molecule has 0 bridgehead atoms. The van der Waals surface area contributed by atoms with Crippen LogP contribution >= 0.6 is 0 Å². The highest BCUT2D eigenvalue weighted by molar-refractivity contribution is 6.28. The van der Waals surface area contributed by atoms with Crippen molar-refractivity contribution < 1.29 is 8.83 Å². The summed E-state index contributed by atoms with van der Waals surface area (Å²) in [5, 5.41) is 9.67. The monoisotopic (exact) mass is 858 g/mol. The van der Waals surface area contributed by atoms with E-state index in [0.29, 0.717) is 29.3 Å². The van der Waals surface area contributed by atoms with Gasteiger partial charge < -0.3 is 13.4 Å². The number of nitrogens with zero attached hydrogens (tertiary/aromatic N) is 6. The lowest BCUT2D eigenvalue weighted by Crippen LogP contribution is -2.00. The van der Waals surface area contributed by atoms with Gasteiger partial charge in [-0.3, -0.25) is 0 Å². The molecule has 0 spiro atoms. The molecule has 14 aromatic rings. The number of benzene rings is 10. The van der Waals surface area contributed by atoms with Crippen LogP contribution in [0.25, 0.3) is 139 Å². The van der Waals surface area contributed by atoms with Crippen LogP contribution in [0.3, 0.4) is 0 Å². The standard InChI is InChI=1S/C59H34N6O2/c1-3-11-45-35(9-1)28-31-49-53(45)54-46-12-4-2-10-36(46)29-32-50(54)65(49)44-30-27-41-33-43(26-25-42(41)34-44)57-63-55(37-17-21-39(22-18-37)58-60-47-13-5-7-15-51(47)66-58)62-56(64-57)38-19-23-40(24-20-38)59-61-48-14-6-8-16-52(48)67-59/h1-34H. The predicted octanol–water partition coefficient (Wildman–Crippen LogP) is 15.0. The molecule has 0 fully saturated rings. The van der Waals surface area contributed by atoms with E-state index in [2.05, 4.69) is 114 Å². The lowest BCUT2D eigenvalue weighted by molar-refractivity contribution is 0.619. The molecule has 0 radical (unpaired) electrons. The summed E-state index contributed by atoms with van der Waals surface area (Å²) in [4.78, 5) is 24.7. The largest absolute Gasteiger partial charge is 0.436 e. The zero-order chi connectivity index (χ0) is 44.0. The van der Waals surface area contributed by atoms with E-state index in [1.807, 2.05) is 97.1 Å². The Balaban J connectivity index is 0.878. The third-order valence-corrected chi connectivity index (χ3v) is 12.9. The minimum absolute atomic E-state index is 0.550. The Hall–Kier alpha value is -9.27. The summed E-state index contributed by atoms with van der Waals surface area (Å²) < 4.78 is 14.6. The molecular formula is C59H34N6O2. The molecule has 67 heavy (non-hydrogen) atoms. The van der Waals surface area contributed by atoms with Gasteiger partial charge in [0.25, 0.3) is 0 Å². The van der Waals surface area contributed by atoms with Crippen LogP contribution in [0.5, 0.6) is 0 Å². The number of hydrogen-bond acceptors (Lipinski definition) is 7. The first-order valence-corrected chi connectivity index (χ1v) is 22.2. The highest BCUT2D eigenvalue weighted by Gasteiger charge is 2.19. The molecule has 4 heterocycles. The Bertz CT molecular complexity index is 3990. The summed E-state index contributed by atoms with van der Waals surface area (Å²) in [6.45, 7) is 0. The first kappa shape index (κ1) is 37.1. The summed E-state index contributed by atoms with van der Waals surface area (Å²) in [5.41, 5.74) is 10.9. The smallest absolute Gasteiger partial charge is 0.227 e. The second kappa shape index (κ2) is 14.6. The van der Waals surface area contributed by atoms with Crippen LogP contribution < -0.4 is 0 Å². The number of rotatable bonds is 6. The number of para-hydroxylation sites is 4. The Kier molecular flexibility index (Phi) is 8.11. The van der Waals surface area contributed by atoms with E-state index in [4.69, 9.17) is 33.8 Å². The number of oxazole rings is 2. The normalized spacial score (nSPS) is 11.9. The molecule has 0 atom stereocenters. The van der Waals surface area contributed by atoms with E-state index >= 15 is 0 Å². The van der Waals surface area contributed by atoms with Crippen molar-refractivity contribution in [2.24, 2.45) is 0 Å². The van der Waals surface area contributed by atoms with Gasteiger partial charge in [0.2, 0.25) is 11.8 Å². The molecule has 0 aliphatic heterocycles. The van der Waals surface area contributed by atoms with E-state index in [0.717, 1.165) is 66.5 Å². The van der Waals surface area contributed by atoms with Gasteiger partial charge in [0, 0.05) is 44.3 Å². The molecule has 8 heteroatoms. The Morgan fingerprint density at radius 3 is 1.27 bits per heavy atom. The summed E-state index contributed by atoms with van der Waals surface area (Å²) in [6, 6.07) is 71.1. The topological polar surface area (TPSA) is 95.7 Å². The van der Waals surface area contributed by atoms with Gasteiger partial charge >= 0.3 is 0 Å². The molecule has 4 aromatic heterocycles. The van der Waals surface area contributed by atoms with Crippen LogP contribution in [-0.4, -0.2) is 29.5 Å². The molecule has 10 aromatic carbocycles. The van der Waals surface area contributed by atoms with Crippen LogP contribution in [0.4, 0.5) is 0 Å². The van der Waals surface area contributed by atoms with Crippen molar-refractivity contribution >= 4 is 76.3 Å². The number of aromatic nitrogens is 6. The molecule has 312 valence electrons. The van der Waals surface area contributed by atoms with Gasteiger partial charge in [-0.1, -0.05) is 127 Å². The fourth-order valence-electron chi connectivity index (χ4n) is 9.62. The van der Waals surface area contributed by atoms with E-state index in [1.165, 1.54) is 43.4 Å². The molecule has 0 unspecified atom stereocenters. The zero-order valence-electron chi connectivity index (χ0n) is 35.6. The van der Waals surface area contributed by atoms with Crippen molar-refractivity contribution in [2.75, 3.05) is 0 Å². The Labute approximate surface area is 382 Å². The SMILES string of the molecule is c1ccc2c(c1)ccc1c2c2c3ccccc3ccc2n1-c1ccc2cc(-c3nc(-c4ccc(-c5nc6ccccc6o5)cc4)nc(-c4ccc(-c5nc6ccccc6o5)cc4)n3)ccc2c1. The highest BCUT2D eigenvalue weighted by atomic mass is 16.4. The fraction of sp³-hybridized carbons (Fsp3) is 0. The maximum absolute atomic E-state index is 6.08. The van der Waals surface area contributed by atoms with E-state index in [-0.39, 0.29) is 0 Å². The molecule has 0 saturated carbocycles. The molecule has 0 aliphatic rings. The van der Waals surface area contributed by atoms with Gasteiger partial charge in [0.15, 0.2) is 28.6 Å². The lowest BCUT2D eigenvalue weighted by Gasteiger charge is -2.12. The first-order chi connectivity index (χ1) is 33.1. The number of fused-ring (bicyclic) bond motifs is 10. The van der Waals surface area contributed by atoms with Crippen LogP contribution in [0.15, 0.2) is 215 Å². The van der Waals surface area contributed by atoms with Crippen LogP contribution in [0.1, 0.15) is 0 Å². The summed E-state index contributed by atoms with van der Waals surface area (Å²) in [7, 11) is 0. The van der Waals surface area contributed by atoms with Gasteiger partial charge in [-0.25, -0.2) is 24.9 Å². The van der Waals surface area contributed by atoms with Crippen molar-refractivity contribution in [3.8, 4) is 62.8 Å². The van der Waals surface area contributed by atoms with Gasteiger partial charge in [-0.05, 0) is 111 Å². The molecule has 0 amide bonds. The van der Waals surface area contributed by atoms with Crippen molar-refractivity contribution in [1.82, 2.24) is 29.5 Å². The second-order valence-electron chi connectivity index (χ2n) is 16.9. The third-order valence-electron chi connectivity index (χ3n) is 12.9. The molecule has 14 rings (SSSR count). The maximum Gasteiger partial charge on any atom is 0.227 e. The molecule has 8 nitrogen and oxygen atoms in total. The second-order valence-corrected chi connectivity index (χ2v) is 16.9. The van der Waals surface area contributed by atoms with Crippen molar-refractivity contribution in [1.29, 1.82) is 0 Å². The van der Waals surface area contributed by atoms with Gasteiger partial charge in [0.1, 0.15) is 11.0 Å². The Morgan fingerprint density at radius 2 is 0.731 bits per heavy atom. The summed E-state index contributed by atoms with van der Waals surface area (Å²) >= 11 is 0. The number of hydrogen-bond donors (Lipinski definition) is 0. The van der Waals surface area contributed by atoms with E-state index in [1.54, 1.807) is 0 Å². The summed E-state index contributed by atoms with van der Waals surface area (Å²) in [6.07, 6.45) is 0. The van der Waals surface area contributed by atoms with Gasteiger partial charge in [-0.15, -0.1) is 0 Å². The molecule has 0 aliphatic carbocycles. The molecule has 0 N–H and O–H groups in total. The van der Waals surface area contributed by atoms with Gasteiger partial charge in [-0.2, -0.15) is 0 Å².